The summed E-state index contributed by atoms with van der Waals surface area (Å²) in [5, 5.41) is 0. The van der Waals surface area contributed by atoms with Crippen LogP contribution in [0.1, 0.15) is 25.0 Å². The van der Waals surface area contributed by atoms with E-state index in [1.54, 1.807) is 18.2 Å². The summed E-state index contributed by atoms with van der Waals surface area (Å²) in [5.74, 6) is 0.256. The topological polar surface area (TPSA) is 44.5 Å². The standard InChI is InChI=1S/C14H22FNO2/c1-11(2)9-17-6-7-18-10-13-5-3-4-12(8-16)14(13)15/h3-5,11H,6-10,16H2,1-2H3. The zero-order valence-corrected chi connectivity index (χ0v) is 11.1. The maximum absolute atomic E-state index is 13.8. The lowest BCUT2D eigenvalue weighted by Crippen LogP contribution is -2.09. The molecule has 0 aliphatic heterocycles. The van der Waals surface area contributed by atoms with Gasteiger partial charge in [-0.3, -0.25) is 0 Å². The summed E-state index contributed by atoms with van der Waals surface area (Å²) in [5.41, 5.74) is 6.51. The molecule has 0 fully saturated rings. The smallest absolute Gasteiger partial charge is 0.133 e. The molecule has 0 aliphatic carbocycles. The van der Waals surface area contributed by atoms with Crippen molar-refractivity contribution in [3.63, 3.8) is 0 Å². The van der Waals surface area contributed by atoms with Gasteiger partial charge in [0, 0.05) is 24.3 Å². The second kappa shape index (κ2) is 8.19. The second-order valence-electron chi connectivity index (χ2n) is 4.62. The first-order chi connectivity index (χ1) is 8.65. The Hall–Kier alpha value is -0.970. The van der Waals surface area contributed by atoms with Gasteiger partial charge < -0.3 is 15.2 Å². The molecular formula is C14H22FNO2. The van der Waals surface area contributed by atoms with Crippen LogP contribution in [0.2, 0.25) is 0 Å². The number of benzene rings is 1. The van der Waals surface area contributed by atoms with Crippen LogP contribution in [0, 0.1) is 11.7 Å². The third kappa shape index (κ3) is 5.12. The summed E-state index contributed by atoms with van der Waals surface area (Å²) in [6.45, 7) is 6.38. The molecule has 3 nitrogen and oxygen atoms in total. The molecular weight excluding hydrogens is 233 g/mol. The summed E-state index contributed by atoms with van der Waals surface area (Å²) in [6.07, 6.45) is 0. The van der Waals surface area contributed by atoms with Crippen LogP contribution in [0.4, 0.5) is 4.39 Å². The van der Waals surface area contributed by atoms with Crippen molar-refractivity contribution in [2.75, 3.05) is 19.8 Å². The van der Waals surface area contributed by atoms with E-state index in [4.69, 9.17) is 15.2 Å². The molecule has 0 atom stereocenters. The van der Waals surface area contributed by atoms with E-state index in [1.165, 1.54) is 0 Å². The van der Waals surface area contributed by atoms with Crippen LogP contribution in [0.25, 0.3) is 0 Å². The molecule has 0 aromatic heterocycles. The molecule has 0 heterocycles. The molecule has 0 bridgehead atoms. The zero-order valence-electron chi connectivity index (χ0n) is 11.1. The Morgan fingerprint density at radius 3 is 2.50 bits per heavy atom. The maximum Gasteiger partial charge on any atom is 0.133 e. The predicted octanol–water partition coefficient (Wildman–Crippen LogP) is 2.47. The van der Waals surface area contributed by atoms with Gasteiger partial charge in [0.2, 0.25) is 0 Å². The van der Waals surface area contributed by atoms with Gasteiger partial charge in [-0.05, 0) is 5.92 Å². The van der Waals surface area contributed by atoms with Crippen LogP contribution < -0.4 is 5.73 Å². The van der Waals surface area contributed by atoms with Crippen LogP contribution >= 0.6 is 0 Å². The summed E-state index contributed by atoms with van der Waals surface area (Å²) < 4.78 is 24.5. The highest BCUT2D eigenvalue weighted by molar-refractivity contribution is 5.25. The minimum Gasteiger partial charge on any atom is -0.379 e. The Bertz CT molecular complexity index is 356. The fraction of sp³-hybridized carbons (Fsp3) is 0.571. The van der Waals surface area contributed by atoms with Crippen LogP contribution in [-0.2, 0) is 22.6 Å². The van der Waals surface area contributed by atoms with Crippen molar-refractivity contribution in [1.29, 1.82) is 0 Å². The molecule has 102 valence electrons. The van der Waals surface area contributed by atoms with Crippen molar-refractivity contribution in [1.82, 2.24) is 0 Å². The van der Waals surface area contributed by atoms with Gasteiger partial charge in [0.15, 0.2) is 0 Å². The Morgan fingerprint density at radius 1 is 1.17 bits per heavy atom. The van der Waals surface area contributed by atoms with Gasteiger partial charge in [-0.25, -0.2) is 4.39 Å². The molecule has 0 unspecified atom stereocenters. The second-order valence-corrected chi connectivity index (χ2v) is 4.62. The lowest BCUT2D eigenvalue weighted by Gasteiger charge is -2.09. The van der Waals surface area contributed by atoms with Crippen molar-refractivity contribution in [3.8, 4) is 0 Å². The van der Waals surface area contributed by atoms with Crippen LogP contribution in [-0.4, -0.2) is 19.8 Å². The summed E-state index contributed by atoms with van der Waals surface area (Å²) in [6, 6.07) is 5.19. The fourth-order valence-electron chi connectivity index (χ4n) is 1.52. The van der Waals surface area contributed by atoms with Crippen LogP contribution in [0.3, 0.4) is 0 Å². The normalized spacial score (nSPS) is 11.2. The molecule has 0 radical (unpaired) electrons. The van der Waals surface area contributed by atoms with E-state index in [0.717, 1.165) is 6.61 Å². The Balaban J connectivity index is 2.27. The molecule has 2 N–H and O–H groups in total. The average Bonchev–Trinajstić information content (AvgIpc) is 2.35. The molecule has 1 aromatic carbocycles. The number of nitrogens with two attached hydrogens (primary N) is 1. The highest BCUT2D eigenvalue weighted by Gasteiger charge is 2.06. The summed E-state index contributed by atoms with van der Waals surface area (Å²) in [7, 11) is 0. The van der Waals surface area contributed by atoms with E-state index in [1.807, 2.05) is 0 Å². The molecule has 1 rings (SSSR count). The zero-order chi connectivity index (χ0) is 13.4. The van der Waals surface area contributed by atoms with Crippen molar-refractivity contribution >= 4 is 0 Å². The van der Waals surface area contributed by atoms with Crippen molar-refractivity contribution < 1.29 is 13.9 Å². The van der Waals surface area contributed by atoms with Gasteiger partial charge in [0.05, 0.1) is 19.8 Å². The van der Waals surface area contributed by atoms with Crippen LogP contribution in [0.5, 0.6) is 0 Å². The van der Waals surface area contributed by atoms with Gasteiger partial charge >= 0.3 is 0 Å². The van der Waals surface area contributed by atoms with Gasteiger partial charge in [-0.2, -0.15) is 0 Å². The molecule has 0 saturated heterocycles. The highest BCUT2D eigenvalue weighted by Crippen LogP contribution is 2.13. The van der Waals surface area contributed by atoms with E-state index in [2.05, 4.69) is 13.8 Å². The first kappa shape index (κ1) is 15.1. The Labute approximate surface area is 108 Å². The Kier molecular flexibility index (Phi) is 6.86. The van der Waals surface area contributed by atoms with Crippen molar-refractivity contribution in [2.45, 2.75) is 27.0 Å². The largest absolute Gasteiger partial charge is 0.379 e. The predicted molar refractivity (Wildman–Crippen MR) is 69.6 cm³/mol. The molecule has 0 amide bonds. The van der Waals surface area contributed by atoms with E-state index < -0.39 is 0 Å². The number of rotatable bonds is 8. The minimum absolute atomic E-state index is 0.206. The lowest BCUT2D eigenvalue weighted by atomic mass is 10.1. The van der Waals surface area contributed by atoms with Gasteiger partial charge in [-0.15, -0.1) is 0 Å². The SMILES string of the molecule is CC(C)COCCOCc1cccc(CN)c1F. The van der Waals surface area contributed by atoms with E-state index in [9.17, 15) is 4.39 Å². The third-order valence-corrected chi connectivity index (χ3v) is 2.46. The van der Waals surface area contributed by atoms with Crippen molar-refractivity contribution in [3.05, 3.63) is 35.1 Å². The maximum atomic E-state index is 13.8. The first-order valence-electron chi connectivity index (χ1n) is 6.27. The first-order valence-corrected chi connectivity index (χ1v) is 6.27. The number of hydrogen-bond acceptors (Lipinski definition) is 3. The fourth-order valence-corrected chi connectivity index (χ4v) is 1.52. The molecule has 1 aromatic rings. The highest BCUT2D eigenvalue weighted by atomic mass is 19.1. The van der Waals surface area contributed by atoms with Gasteiger partial charge in [0.25, 0.3) is 0 Å². The molecule has 4 heteroatoms. The number of ether oxygens (including phenoxy) is 2. The third-order valence-electron chi connectivity index (χ3n) is 2.46. The minimum atomic E-state index is -0.261. The quantitative estimate of drug-likeness (QED) is 0.726. The summed E-state index contributed by atoms with van der Waals surface area (Å²) >= 11 is 0. The van der Waals surface area contributed by atoms with Gasteiger partial charge in [-0.1, -0.05) is 32.0 Å². The Morgan fingerprint density at radius 2 is 1.83 bits per heavy atom. The molecule has 0 saturated carbocycles. The molecule has 18 heavy (non-hydrogen) atoms. The van der Waals surface area contributed by atoms with E-state index in [0.29, 0.717) is 30.3 Å². The van der Waals surface area contributed by atoms with Crippen LogP contribution in [0.15, 0.2) is 18.2 Å². The van der Waals surface area contributed by atoms with Crippen molar-refractivity contribution in [2.24, 2.45) is 11.7 Å². The number of hydrogen-bond donors (Lipinski definition) is 1. The van der Waals surface area contributed by atoms with E-state index >= 15 is 0 Å². The van der Waals surface area contributed by atoms with Gasteiger partial charge in [0.1, 0.15) is 5.82 Å². The monoisotopic (exact) mass is 255 g/mol. The van der Waals surface area contributed by atoms with E-state index in [-0.39, 0.29) is 19.0 Å². The molecule has 0 aliphatic rings. The molecule has 0 spiro atoms. The number of halogens is 1. The average molecular weight is 255 g/mol. The lowest BCUT2D eigenvalue weighted by molar-refractivity contribution is 0.0306. The summed E-state index contributed by atoms with van der Waals surface area (Å²) in [4.78, 5) is 0.